The van der Waals surface area contributed by atoms with E-state index in [4.69, 9.17) is 5.73 Å². The Hall–Kier alpha value is 0.270. The number of nitrogens with zero attached hydrogens (tertiary/aromatic N) is 1. The lowest BCUT2D eigenvalue weighted by molar-refractivity contribution is 0.146. The molecule has 96 valence electrons. The third-order valence-corrected chi connectivity index (χ3v) is 5.54. The van der Waals surface area contributed by atoms with E-state index in [0.717, 1.165) is 11.8 Å². The molecule has 0 aromatic heterocycles. The summed E-state index contributed by atoms with van der Waals surface area (Å²) < 4.78 is 0. The quantitative estimate of drug-likeness (QED) is 0.779. The van der Waals surface area contributed by atoms with Gasteiger partial charge in [-0.2, -0.15) is 11.8 Å². The fourth-order valence-corrected chi connectivity index (χ4v) is 3.72. The summed E-state index contributed by atoms with van der Waals surface area (Å²) in [7, 11) is 0. The van der Waals surface area contributed by atoms with Crippen molar-refractivity contribution >= 4 is 11.8 Å². The van der Waals surface area contributed by atoms with Crippen molar-refractivity contribution < 1.29 is 0 Å². The highest BCUT2D eigenvalue weighted by molar-refractivity contribution is 8.00. The van der Waals surface area contributed by atoms with Crippen molar-refractivity contribution in [3.63, 3.8) is 0 Å². The first-order valence-corrected chi connectivity index (χ1v) is 7.78. The minimum Gasteiger partial charge on any atom is -0.330 e. The average Bonchev–Trinajstić information content (AvgIpc) is 2.36. The molecule has 2 nitrogen and oxygen atoms in total. The Morgan fingerprint density at radius 3 is 2.50 bits per heavy atom. The van der Waals surface area contributed by atoms with Gasteiger partial charge in [-0.1, -0.05) is 20.8 Å². The zero-order valence-corrected chi connectivity index (χ0v) is 12.0. The summed E-state index contributed by atoms with van der Waals surface area (Å²) in [5, 5.41) is 0.845. The maximum absolute atomic E-state index is 5.98. The van der Waals surface area contributed by atoms with Gasteiger partial charge in [0, 0.05) is 30.6 Å². The van der Waals surface area contributed by atoms with Crippen LogP contribution in [0, 0.1) is 5.41 Å². The van der Waals surface area contributed by atoms with Crippen LogP contribution >= 0.6 is 11.8 Å². The number of rotatable bonds is 6. The van der Waals surface area contributed by atoms with Crippen molar-refractivity contribution in [2.75, 3.05) is 31.9 Å². The SMILES string of the molecule is CCC1CN(CC(CC)(CC)CN)CCS1. The van der Waals surface area contributed by atoms with Crippen molar-refractivity contribution in [3.05, 3.63) is 0 Å². The van der Waals surface area contributed by atoms with Crippen molar-refractivity contribution in [1.82, 2.24) is 4.90 Å². The topological polar surface area (TPSA) is 29.3 Å². The molecule has 1 unspecified atom stereocenters. The van der Waals surface area contributed by atoms with Crippen LogP contribution in [0.3, 0.4) is 0 Å². The molecule has 1 aliphatic heterocycles. The van der Waals surface area contributed by atoms with Crippen LogP contribution in [0.4, 0.5) is 0 Å². The molecule has 0 saturated carbocycles. The lowest BCUT2D eigenvalue weighted by Gasteiger charge is -2.40. The summed E-state index contributed by atoms with van der Waals surface area (Å²) in [6.07, 6.45) is 3.72. The molecule has 0 aromatic carbocycles. The number of nitrogens with two attached hydrogens (primary N) is 1. The van der Waals surface area contributed by atoms with Crippen molar-refractivity contribution in [2.45, 2.75) is 45.3 Å². The Labute approximate surface area is 105 Å². The number of hydrogen-bond donors (Lipinski definition) is 1. The van der Waals surface area contributed by atoms with Gasteiger partial charge in [-0.15, -0.1) is 0 Å². The van der Waals surface area contributed by atoms with Crippen molar-refractivity contribution in [3.8, 4) is 0 Å². The maximum Gasteiger partial charge on any atom is 0.0172 e. The van der Waals surface area contributed by atoms with Gasteiger partial charge in [0.25, 0.3) is 0 Å². The Balaban J connectivity index is 2.50. The van der Waals surface area contributed by atoms with Gasteiger partial charge < -0.3 is 10.6 Å². The lowest BCUT2D eigenvalue weighted by atomic mass is 9.82. The van der Waals surface area contributed by atoms with Crippen LogP contribution in [0.1, 0.15) is 40.0 Å². The van der Waals surface area contributed by atoms with Gasteiger partial charge in [-0.05, 0) is 31.2 Å². The minimum atomic E-state index is 0.361. The molecule has 1 atom stereocenters. The highest BCUT2D eigenvalue weighted by Gasteiger charge is 2.29. The Bertz CT molecular complexity index is 184. The fourth-order valence-electron chi connectivity index (χ4n) is 2.47. The Kier molecular flexibility index (Phi) is 6.16. The summed E-state index contributed by atoms with van der Waals surface area (Å²) in [5.41, 5.74) is 6.34. The van der Waals surface area contributed by atoms with Gasteiger partial charge in [-0.3, -0.25) is 0 Å². The summed E-state index contributed by atoms with van der Waals surface area (Å²) >= 11 is 2.14. The molecule has 0 aliphatic carbocycles. The molecule has 1 fully saturated rings. The molecule has 3 heteroatoms. The fraction of sp³-hybridized carbons (Fsp3) is 1.00. The Morgan fingerprint density at radius 2 is 2.00 bits per heavy atom. The largest absolute Gasteiger partial charge is 0.330 e. The van der Waals surface area contributed by atoms with Crippen molar-refractivity contribution in [1.29, 1.82) is 0 Å². The normalized spacial score (nSPS) is 23.6. The first-order chi connectivity index (χ1) is 7.69. The molecular weight excluding hydrogens is 216 g/mol. The lowest BCUT2D eigenvalue weighted by Crippen LogP contribution is -2.47. The van der Waals surface area contributed by atoms with E-state index in [1.54, 1.807) is 0 Å². The van der Waals surface area contributed by atoms with E-state index in [-0.39, 0.29) is 0 Å². The molecule has 0 bridgehead atoms. The maximum atomic E-state index is 5.98. The molecule has 1 aliphatic rings. The molecule has 0 amide bonds. The van der Waals surface area contributed by atoms with Gasteiger partial charge in [0.15, 0.2) is 0 Å². The molecule has 1 rings (SSSR count). The Morgan fingerprint density at radius 1 is 1.31 bits per heavy atom. The first-order valence-electron chi connectivity index (χ1n) is 6.73. The van der Waals surface area contributed by atoms with Gasteiger partial charge in [-0.25, -0.2) is 0 Å². The van der Waals surface area contributed by atoms with E-state index in [2.05, 4.69) is 37.4 Å². The molecular formula is C13H28N2S. The molecule has 1 saturated heterocycles. The summed E-state index contributed by atoms with van der Waals surface area (Å²) in [6.45, 7) is 11.4. The number of hydrogen-bond acceptors (Lipinski definition) is 3. The van der Waals surface area contributed by atoms with Crippen LogP contribution in [0.5, 0.6) is 0 Å². The predicted molar refractivity (Wildman–Crippen MR) is 75.0 cm³/mol. The summed E-state index contributed by atoms with van der Waals surface area (Å²) in [5.74, 6) is 1.30. The number of thioether (sulfide) groups is 1. The van der Waals surface area contributed by atoms with Crippen LogP contribution in [-0.4, -0.2) is 42.1 Å². The van der Waals surface area contributed by atoms with E-state index in [1.165, 1.54) is 44.6 Å². The highest BCUT2D eigenvalue weighted by Crippen LogP contribution is 2.29. The van der Waals surface area contributed by atoms with E-state index < -0.39 is 0 Å². The van der Waals surface area contributed by atoms with E-state index >= 15 is 0 Å². The summed E-state index contributed by atoms with van der Waals surface area (Å²) in [4.78, 5) is 2.64. The van der Waals surface area contributed by atoms with Crippen LogP contribution < -0.4 is 5.73 Å². The second-order valence-electron chi connectivity index (χ2n) is 5.05. The molecule has 16 heavy (non-hydrogen) atoms. The monoisotopic (exact) mass is 244 g/mol. The molecule has 1 heterocycles. The van der Waals surface area contributed by atoms with Crippen LogP contribution in [-0.2, 0) is 0 Å². The zero-order chi connectivity index (χ0) is 12.0. The van der Waals surface area contributed by atoms with Gasteiger partial charge >= 0.3 is 0 Å². The predicted octanol–water partition coefficient (Wildman–Crippen LogP) is 2.58. The average molecular weight is 244 g/mol. The second-order valence-corrected chi connectivity index (χ2v) is 6.46. The van der Waals surface area contributed by atoms with Gasteiger partial charge in [0.05, 0.1) is 0 Å². The second kappa shape index (κ2) is 6.87. The molecule has 0 radical (unpaired) electrons. The zero-order valence-electron chi connectivity index (χ0n) is 11.2. The van der Waals surface area contributed by atoms with Crippen LogP contribution in [0.2, 0.25) is 0 Å². The smallest absolute Gasteiger partial charge is 0.0172 e. The van der Waals surface area contributed by atoms with E-state index in [0.29, 0.717) is 5.41 Å². The third kappa shape index (κ3) is 3.64. The van der Waals surface area contributed by atoms with Crippen LogP contribution in [0.25, 0.3) is 0 Å². The first kappa shape index (κ1) is 14.3. The summed E-state index contributed by atoms with van der Waals surface area (Å²) in [6, 6.07) is 0. The molecule has 0 spiro atoms. The molecule has 0 aromatic rings. The van der Waals surface area contributed by atoms with Crippen molar-refractivity contribution in [2.24, 2.45) is 11.1 Å². The van der Waals surface area contributed by atoms with Gasteiger partial charge in [0.2, 0.25) is 0 Å². The van der Waals surface area contributed by atoms with E-state index in [9.17, 15) is 0 Å². The van der Waals surface area contributed by atoms with Gasteiger partial charge in [0.1, 0.15) is 0 Å². The third-order valence-electron chi connectivity index (χ3n) is 4.17. The standard InChI is InChI=1S/C13H28N2S/c1-4-12-9-15(7-8-16-12)11-13(5-2,6-3)10-14/h12H,4-11,14H2,1-3H3. The van der Waals surface area contributed by atoms with E-state index in [1.807, 2.05) is 0 Å². The highest BCUT2D eigenvalue weighted by atomic mass is 32.2. The molecule has 2 N–H and O–H groups in total. The minimum absolute atomic E-state index is 0.361. The van der Waals surface area contributed by atoms with Crippen LogP contribution in [0.15, 0.2) is 0 Å².